The molecule has 2 aliphatic heterocycles. The van der Waals surface area contributed by atoms with Crippen molar-refractivity contribution in [2.45, 2.75) is 64.0 Å². The summed E-state index contributed by atoms with van der Waals surface area (Å²) in [5.74, 6) is -1.63. The smallest absolute Gasteiger partial charge is 0.255 e. The van der Waals surface area contributed by atoms with Crippen LogP contribution in [0.1, 0.15) is 73.9 Å². The number of ketones is 1. The highest BCUT2D eigenvalue weighted by Gasteiger charge is 2.69. The second kappa shape index (κ2) is 11.5. The molecule has 1 fully saturated rings. The minimum Gasteiger partial charge on any atom is -0.323 e. The summed E-state index contributed by atoms with van der Waals surface area (Å²) in [6.45, 7) is 6.28. The third-order valence-corrected chi connectivity index (χ3v) is 8.99. The van der Waals surface area contributed by atoms with Gasteiger partial charge in [-0.15, -0.1) is 0 Å². The summed E-state index contributed by atoms with van der Waals surface area (Å²) in [7, 11) is 0. The molecule has 1 saturated heterocycles. The normalized spacial score (nSPS) is 23.5. The van der Waals surface area contributed by atoms with E-state index in [1.165, 1.54) is 0 Å². The minimum absolute atomic E-state index is 0.0993. The number of hydrogen-bond donors (Lipinski definition) is 1. The number of carbonyl (C=O) groups excluding carboxylic acids is 3. The lowest BCUT2D eigenvalue weighted by molar-refractivity contribution is -0.146. The Morgan fingerprint density at radius 1 is 1.05 bits per heavy atom. The molecule has 40 heavy (non-hydrogen) atoms. The molecule has 0 aliphatic carbocycles. The topological polar surface area (TPSA) is 66.5 Å². The van der Waals surface area contributed by atoms with Crippen molar-refractivity contribution in [2.75, 3.05) is 5.32 Å². The van der Waals surface area contributed by atoms with Crippen molar-refractivity contribution in [1.29, 1.82) is 0 Å². The van der Waals surface area contributed by atoms with Crippen LogP contribution in [0.2, 0.25) is 5.02 Å². The van der Waals surface area contributed by atoms with Gasteiger partial charge in [0.25, 0.3) is 5.91 Å². The van der Waals surface area contributed by atoms with Crippen LogP contribution < -0.4 is 5.32 Å². The third kappa shape index (κ3) is 4.79. The fourth-order valence-corrected chi connectivity index (χ4v) is 7.17. The van der Waals surface area contributed by atoms with Crippen LogP contribution in [-0.2, 0) is 15.1 Å². The van der Waals surface area contributed by atoms with E-state index < -0.39 is 17.4 Å². The molecule has 1 spiro atoms. The van der Waals surface area contributed by atoms with Gasteiger partial charge in [0.2, 0.25) is 5.91 Å². The molecule has 0 aromatic heterocycles. The third-order valence-electron chi connectivity index (χ3n) is 8.24. The molecule has 0 saturated carbocycles. The Bertz CT molecular complexity index is 1430. The number of Topliss-reactive ketones (excluding diaryl/α,β-unsaturated/α-hetero) is 1. The number of hydrogen-bond acceptors (Lipinski definition) is 3. The number of likely N-dealkylation sites (tertiary alicyclic amines) is 1. The van der Waals surface area contributed by atoms with Gasteiger partial charge in [-0.3, -0.25) is 14.4 Å². The largest absolute Gasteiger partial charge is 0.323 e. The highest BCUT2D eigenvalue weighted by Crippen LogP contribution is 2.60. The zero-order valence-corrected chi connectivity index (χ0v) is 25.3. The molecule has 2 aliphatic rings. The van der Waals surface area contributed by atoms with Crippen LogP contribution in [0, 0.1) is 11.8 Å². The predicted molar refractivity (Wildman–Crippen MR) is 163 cm³/mol. The van der Waals surface area contributed by atoms with E-state index in [1.54, 1.807) is 17.0 Å². The Hall–Kier alpha value is -2.96. The Balaban J connectivity index is 1.85. The Labute approximate surface area is 249 Å². The van der Waals surface area contributed by atoms with Gasteiger partial charge in [-0.25, -0.2) is 0 Å². The summed E-state index contributed by atoms with van der Waals surface area (Å²) < 4.78 is 0.782. The first-order valence-corrected chi connectivity index (χ1v) is 15.2. The fraction of sp³-hybridized carbons (Fsp3) is 0.364. The fourth-order valence-electron chi connectivity index (χ4n) is 6.68. The number of fused-ring (bicyclic) bond motifs is 2. The molecule has 5 rings (SSSR count). The van der Waals surface area contributed by atoms with Gasteiger partial charge in [-0.2, -0.15) is 0 Å². The van der Waals surface area contributed by atoms with Gasteiger partial charge in [0.15, 0.2) is 11.3 Å². The maximum Gasteiger partial charge on any atom is 0.255 e. The van der Waals surface area contributed by atoms with E-state index in [4.69, 9.17) is 11.6 Å². The molecule has 4 unspecified atom stereocenters. The van der Waals surface area contributed by atoms with Gasteiger partial charge in [-0.1, -0.05) is 97.2 Å². The van der Waals surface area contributed by atoms with Gasteiger partial charge >= 0.3 is 0 Å². The van der Waals surface area contributed by atoms with Crippen molar-refractivity contribution in [1.82, 2.24) is 4.90 Å². The maximum absolute atomic E-state index is 14.8. The molecule has 0 radical (unpaired) electrons. The SMILES string of the molecule is CCCCC(=O)N1C(CC(C)C)C(c2ccc(Cl)cc2)C(C(=O)c2ccccc2)C12C(=O)Nc1ccc(Br)cc12. The summed E-state index contributed by atoms with van der Waals surface area (Å²) >= 11 is 9.89. The van der Waals surface area contributed by atoms with Crippen LogP contribution >= 0.6 is 27.5 Å². The number of unbranched alkanes of at least 4 members (excludes halogenated alkanes) is 1. The molecule has 7 heteroatoms. The quantitative estimate of drug-likeness (QED) is 0.259. The molecule has 1 N–H and O–H groups in total. The van der Waals surface area contributed by atoms with Gasteiger partial charge in [0.05, 0.1) is 5.92 Å². The van der Waals surface area contributed by atoms with E-state index in [0.717, 1.165) is 16.5 Å². The van der Waals surface area contributed by atoms with Gasteiger partial charge in [-0.05, 0) is 54.7 Å². The minimum atomic E-state index is -1.50. The number of anilines is 1. The summed E-state index contributed by atoms with van der Waals surface area (Å²) in [6.07, 6.45) is 2.50. The molecule has 0 bridgehead atoms. The van der Waals surface area contributed by atoms with E-state index in [1.807, 2.05) is 67.6 Å². The summed E-state index contributed by atoms with van der Waals surface area (Å²) in [5, 5.41) is 3.65. The van der Waals surface area contributed by atoms with Crippen molar-refractivity contribution in [3.05, 3.63) is 99.0 Å². The van der Waals surface area contributed by atoms with Crippen molar-refractivity contribution in [3.8, 4) is 0 Å². The van der Waals surface area contributed by atoms with Gasteiger partial charge in [0.1, 0.15) is 0 Å². The van der Waals surface area contributed by atoms with Crippen LogP contribution in [-0.4, -0.2) is 28.5 Å². The van der Waals surface area contributed by atoms with Crippen molar-refractivity contribution >= 4 is 50.8 Å². The molecule has 208 valence electrons. The summed E-state index contributed by atoms with van der Waals surface area (Å²) in [4.78, 5) is 45.4. The van der Waals surface area contributed by atoms with Crippen LogP contribution in [0.25, 0.3) is 0 Å². The maximum atomic E-state index is 14.8. The second-order valence-electron chi connectivity index (χ2n) is 11.3. The van der Waals surface area contributed by atoms with E-state index in [0.29, 0.717) is 41.1 Å². The van der Waals surface area contributed by atoms with E-state index in [9.17, 15) is 14.4 Å². The Kier molecular flexibility index (Phi) is 8.21. The zero-order chi connectivity index (χ0) is 28.6. The lowest BCUT2D eigenvalue weighted by atomic mass is 9.69. The van der Waals surface area contributed by atoms with Crippen molar-refractivity contribution < 1.29 is 14.4 Å². The standard InChI is InChI=1S/C33H34BrClN2O3/c1-4-5-11-28(38)37-27(18-20(2)3)29(21-12-15-24(35)16-13-21)30(31(39)22-9-7-6-8-10-22)33(37)25-19-23(34)14-17-26(25)36-32(33)40/h6-10,12-17,19-20,27,29-30H,4-5,11,18H2,1-3H3,(H,36,40). The number of nitrogens with one attached hydrogen (secondary N) is 1. The van der Waals surface area contributed by atoms with Gasteiger partial charge < -0.3 is 10.2 Å². The number of halogens is 2. The number of carbonyl (C=O) groups is 3. The molecule has 2 amide bonds. The Morgan fingerprint density at radius 3 is 2.40 bits per heavy atom. The van der Waals surface area contributed by atoms with Crippen LogP contribution in [0.15, 0.2) is 77.3 Å². The highest BCUT2D eigenvalue weighted by molar-refractivity contribution is 9.10. The number of amides is 2. The lowest BCUT2D eigenvalue weighted by Crippen LogP contribution is -2.56. The monoisotopic (exact) mass is 620 g/mol. The summed E-state index contributed by atoms with van der Waals surface area (Å²) in [6, 6.07) is 21.9. The zero-order valence-electron chi connectivity index (χ0n) is 23.0. The Morgan fingerprint density at radius 2 is 1.75 bits per heavy atom. The van der Waals surface area contributed by atoms with Crippen molar-refractivity contribution in [2.24, 2.45) is 11.8 Å². The van der Waals surface area contributed by atoms with Crippen LogP contribution in [0.5, 0.6) is 0 Å². The lowest BCUT2D eigenvalue weighted by Gasteiger charge is -2.39. The average Bonchev–Trinajstić information content (AvgIpc) is 3.39. The average molecular weight is 622 g/mol. The van der Waals surface area contributed by atoms with Crippen LogP contribution in [0.3, 0.4) is 0 Å². The molecular weight excluding hydrogens is 588 g/mol. The number of benzene rings is 3. The van der Waals surface area contributed by atoms with Crippen LogP contribution in [0.4, 0.5) is 5.69 Å². The molecule has 5 nitrogen and oxygen atoms in total. The molecule has 3 aromatic rings. The van der Waals surface area contributed by atoms with E-state index in [2.05, 4.69) is 35.1 Å². The number of rotatable bonds is 8. The van der Waals surface area contributed by atoms with E-state index in [-0.39, 0.29) is 29.6 Å². The van der Waals surface area contributed by atoms with Crippen molar-refractivity contribution in [3.63, 3.8) is 0 Å². The first-order valence-electron chi connectivity index (χ1n) is 14.0. The first kappa shape index (κ1) is 28.6. The van der Waals surface area contributed by atoms with Gasteiger partial charge in [0, 0.05) is 44.7 Å². The molecule has 2 heterocycles. The molecular formula is C33H34BrClN2O3. The number of nitrogens with zero attached hydrogens (tertiary/aromatic N) is 1. The highest BCUT2D eigenvalue weighted by atomic mass is 79.9. The first-order chi connectivity index (χ1) is 19.2. The second-order valence-corrected chi connectivity index (χ2v) is 12.6. The van der Waals surface area contributed by atoms with E-state index >= 15 is 0 Å². The molecule has 3 aromatic carbocycles. The summed E-state index contributed by atoms with van der Waals surface area (Å²) in [5.41, 5.74) is 1.21. The molecule has 4 atom stereocenters. The predicted octanol–water partition coefficient (Wildman–Crippen LogP) is 7.98.